The molecule has 0 aromatic carbocycles. The molecule has 0 spiro atoms. The van der Waals surface area contributed by atoms with Crippen LogP contribution in [0.3, 0.4) is 0 Å². The molecule has 1 fully saturated rings. The van der Waals surface area contributed by atoms with Crippen molar-refractivity contribution in [1.29, 1.82) is 0 Å². The fourth-order valence-electron chi connectivity index (χ4n) is 6.36. The van der Waals surface area contributed by atoms with Crippen molar-refractivity contribution in [3.63, 3.8) is 0 Å². The number of hydrogen-bond donors (Lipinski definition) is 4. The first-order valence-electron chi connectivity index (χ1n) is 21.7. The maximum atomic E-state index is 12.7. The monoisotopic (exact) mass is 765 g/mol. The number of hydrogen-bond acceptors (Lipinski definition) is 9. The number of aliphatic hydroxyl groups excluding tert-OH is 4. The van der Waals surface area contributed by atoms with E-state index in [4.69, 9.17) is 18.9 Å². The summed E-state index contributed by atoms with van der Waals surface area (Å²) in [4.78, 5) is 12.7. The van der Waals surface area contributed by atoms with Crippen LogP contribution in [0, 0.1) is 0 Å². The van der Waals surface area contributed by atoms with E-state index in [1.54, 1.807) is 0 Å². The van der Waals surface area contributed by atoms with Crippen LogP contribution < -0.4 is 0 Å². The van der Waals surface area contributed by atoms with Gasteiger partial charge < -0.3 is 39.4 Å². The van der Waals surface area contributed by atoms with Crippen LogP contribution in [-0.4, -0.2) is 89.6 Å². The van der Waals surface area contributed by atoms with Gasteiger partial charge in [0.1, 0.15) is 30.5 Å². The lowest BCUT2D eigenvalue weighted by Gasteiger charge is -2.39. The number of carbonyl (C=O) groups excluding carboxylic acids is 1. The van der Waals surface area contributed by atoms with Crippen molar-refractivity contribution < 1.29 is 44.2 Å². The summed E-state index contributed by atoms with van der Waals surface area (Å²) in [5.41, 5.74) is 0. The van der Waals surface area contributed by atoms with E-state index in [1.807, 2.05) is 0 Å². The van der Waals surface area contributed by atoms with E-state index in [1.165, 1.54) is 83.5 Å². The van der Waals surface area contributed by atoms with E-state index in [0.717, 1.165) is 64.2 Å². The molecule has 1 aliphatic rings. The van der Waals surface area contributed by atoms with Gasteiger partial charge >= 0.3 is 5.97 Å². The van der Waals surface area contributed by atoms with Crippen LogP contribution in [0.2, 0.25) is 0 Å². The van der Waals surface area contributed by atoms with E-state index >= 15 is 0 Å². The summed E-state index contributed by atoms with van der Waals surface area (Å²) in [5.74, 6) is -0.321. The molecular weight excluding hydrogens is 684 g/mol. The van der Waals surface area contributed by atoms with Gasteiger partial charge in [0.25, 0.3) is 0 Å². The molecular formula is C45H80O9. The van der Waals surface area contributed by atoms with Gasteiger partial charge in [0, 0.05) is 13.0 Å². The molecule has 6 unspecified atom stereocenters. The lowest BCUT2D eigenvalue weighted by molar-refractivity contribution is -0.305. The Kier molecular flexibility index (Phi) is 34.2. The van der Waals surface area contributed by atoms with Crippen molar-refractivity contribution in [3.8, 4) is 0 Å². The Hall–Kier alpha value is -1.85. The zero-order chi connectivity index (χ0) is 39.3. The molecule has 0 saturated carbocycles. The second-order valence-corrected chi connectivity index (χ2v) is 14.8. The van der Waals surface area contributed by atoms with E-state index in [0.29, 0.717) is 13.0 Å². The van der Waals surface area contributed by atoms with Crippen molar-refractivity contribution in [2.45, 2.75) is 205 Å². The second-order valence-electron chi connectivity index (χ2n) is 14.8. The molecule has 54 heavy (non-hydrogen) atoms. The molecule has 0 amide bonds. The van der Waals surface area contributed by atoms with Gasteiger partial charge in [-0.25, -0.2) is 0 Å². The van der Waals surface area contributed by atoms with Gasteiger partial charge in [-0.05, 0) is 51.4 Å². The van der Waals surface area contributed by atoms with Crippen LogP contribution in [0.25, 0.3) is 0 Å². The first kappa shape index (κ1) is 50.2. The van der Waals surface area contributed by atoms with E-state index < -0.39 is 43.4 Å². The average molecular weight is 765 g/mol. The summed E-state index contributed by atoms with van der Waals surface area (Å²) >= 11 is 0. The predicted octanol–water partition coefficient (Wildman–Crippen LogP) is 9.36. The largest absolute Gasteiger partial charge is 0.457 e. The summed E-state index contributed by atoms with van der Waals surface area (Å²) in [6, 6.07) is 0. The highest BCUT2D eigenvalue weighted by molar-refractivity contribution is 5.69. The molecule has 0 bridgehead atoms. The van der Waals surface area contributed by atoms with Crippen LogP contribution in [0.1, 0.15) is 168 Å². The molecule has 9 heteroatoms. The Morgan fingerprint density at radius 1 is 0.611 bits per heavy atom. The Labute approximate surface area is 329 Å². The number of aliphatic hydroxyl groups is 4. The second kappa shape index (κ2) is 36.8. The van der Waals surface area contributed by atoms with Gasteiger partial charge in [-0.2, -0.15) is 0 Å². The van der Waals surface area contributed by atoms with Gasteiger partial charge in [-0.15, -0.1) is 0 Å². The lowest BCUT2D eigenvalue weighted by atomic mass is 9.99. The van der Waals surface area contributed by atoms with Crippen LogP contribution >= 0.6 is 0 Å². The smallest absolute Gasteiger partial charge is 0.306 e. The highest BCUT2D eigenvalue weighted by atomic mass is 16.7. The van der Waals surface area contributed by atoms with Crippen molar-refractivity contribution in [2.75, 3.05) is 26.4 Å². The fourth-order valence-corrected chi connectivity index (χ4v) is 6.36. The molecule has 0 radical (unpaired) electrons. The number of esters is 1. The zero-order valence-corrected chi connectivity index (χ0v) is 34.2. The molecule has 4 N–H and O–H groups in total. The molecule has 314 valence electrons. The third kappa shape index (κ3) is 27.7. The third-order valence-electron chi connectivity index (χ3n) is 9.76. The van der Waals surface area contributed by atoms with Crippen LogP contribution in [0.4, 0.5) is 0 Å². The molecule has 0 aromatic rings. The van der Waals surface area contributed by atoms with Gasteiger partial charge in [0.05, 0.1) is 19.8 Å². The number of unbranched alkanes of at least 4 members (excludes halogenated alkanes) is 17. The fraction of sp³-hybridized carbons (Fsp3) is 0.800. The summed E-state index contributed by atoms with van der Waals surface area (Å²) in [6.45, 7) is 4.40. The topological polar surface area (TPSA) is 135 Å². The highest BCUT2D eigenvalue weighted by Gasteiger charge is 2.44. The van der Waals surface area contributed by atoms with E-state index in [-0.39, 0.29) is 19.2 Å². The van der Waals surface area contributed by atoms with Crippen LogP contribution in [-0.2, 0) is 23.7 Å². The van der Waals surface area contributed by atoms with Gasteiger partial charge in [-0.1, -0.05) is 159 Å². The maximum Gasteiger partial charge on any atom is 0.306 e. The van der Waals surface area contributed by atoms with Crippen molar-refractivity contribution >= 4 is 5.97 Å². The van der Waals surface area contributed by atoms with Gasteiger partial charge in [-0.3, -0.25) is 4.79 Å². The molecule has 6 atom stereocenters. The quantitative estimate of drug-likeness (QED) is 0.0280. The summed E-state index contributed by atoms with van der Waals surface area (Å²) < 4.78 is 22.7. The van der Waals surface area contributed by atoms with E-state index in [9.17, 15) is 25.2 Å². The zero-order valence-electron chi connectivity index (χ0n) is 34.2. The standard InChI is InChI=1S/C45H80O9/c1-3-5-7-9-11-13-14-15-16-17-18-19-20-21-22-23-24-25-27-29-31-33-35-51-37-39(38-52-45-44(50)43(49)42(48)40(36-46)54-45)53-41(47)34-32-30-28-26-12-10-8-6-4-2/h5,7,11,13,15-16,18-19,39-40,42-46,48-50H,3-4,6,8-10,12,14,17,20-38H2,1-2H3/b7-5-,13-11-,16-15-,19-18-. The summed E-state index contributed by atoms with van der Waals surface area (Å²) in [7, 11) is 0. The van der Waals surface area contributed by atoms with Crippen LogP contribution in [0.5, 0.6) is 0 Å². The molecule has 1 saturated heterocycles. The van der Waals surface area contributed by atoms with Crippen LogP contribution in [0.15, 0.2) is 48.6 Å². The third-order valence-corrected chi connectivity index (χ3v) is 9.76. The lowest BCUT2D eigenvalue weighted by Crippen LogP contribution is -2.59. The predicted molar refractivity (Wildman–Crippen MR) is 219 cm³/mol. The number of carbonyl (C=O) groups is 1. The summed E-state index contributed by atoms with van der Waals surface area (Å²) in [6.07, 6.45) is 37.2. The minimum atomic E-state index is -1.54. The SMILES string of the molecule is CC/C=C\C/C=C\C/C=C\C/C=C\CCCCCCCCCCCOCC(COC1OC(CO)C(O)C(O)C1O)OC(=O)CCCCCCCCCCC. The van der Waals surface area contributed by atoms with E-state index in [2.05, 4.69) is 62.5 Å². The molecule has 9 nitrogen and oxygen atoms in total. The normalized spacial score (nSPS) is 21.3. The van der Waals surface area contributed by atoms with Crippen molar-refractivity contribution in [1.82, 2.24) is 0 Å². The minimum Gasteiger partial charge on any atom is -0.457 e. The van der Waals surface area contributed by atoms with Crippen molar-refractivity contribution in [2.24, 2.45) is 0 Å². The Bertz CT molecular complexity index is 963. The molecule has 0 aliphatic carbocycles. The average Bonchev–Trinajstić information content (AvgIpc) is 3.17. The first-order chi connectivity index (χ1) is 26.4. The maximum absolute atomic E-state index is 12.7. The molecule has 1 heterocycles. The Morgan fingerprint density at radius 3 is 1.70 bits per heavy atom. The molecule has 1 aliphatic heterocycles. The number of allylic oxidation sites excluding steroid dienone is 8. The number of rotatable bonds is 36. The summed E-state index contributed by atoms with van der Waals surface area (Å²) in [5, 5.41) is 40.0. The van der Waals surface area contributed by atoms with Gasteiger partial charge in [0.15, 0.2) is 6.29 Å². The first-order valence-corrected chi connectivity index (χ1v) is 21.7. The van der Waals surface area contributed by atoms with Crippen molar-refractivity contribution in [3.05, 3.63) is 48.6 Å². The molecule has 0 aromatic heterocycles. The van der Waals surface area contributed by atoms with Gasteiger partial charge in [0.2, 0.25) is 0 Å². The molecule has 1 rings (SSSR count). The Morgan fingerprint density at radius 2 is 1.13 bits per heavy atom. The Balaban J connectivity index is 2.21. The highest BCUT2D eigenvalue weighted by Crippen LogP contribution is 2.22. The minimum absolute atomic E-state index is 0.115. The number of ether oxygens (including phenoxy) is 4.